The molecule has 4 amide bonds. The molecule has 21 nitrogen and oxygen atoms in total. The van der Waals surface area contributed by atoms with Gasteiger partial charge < -0.3 is 19.9 Å². The number of ketones is 1. The van der Waals surface area contributed by atoms with Crippen LogP contribution in [0, 0.1) is 6.92 Å². The van der Waals surface area contributed by atoms with Gasteiger partial charge in [-0.25, -0.2) is 44.7 Å². The average molecular weight is 1620 g/mol. The van der Waals surface area contributed by atoms with Crippen LogP contribution < -0.4 is 30.9 Å². The SMILES string of the molecule is C.CCN(CC)c1ccc(C(=O)Cc2nc3ccc4sc(C)nc4c3s2)cc1.O=C(NCCN1CCCCC1)Nc1nc2ccc3scnc3c2s1.O=C(Nc1nc2ccc3scnc3c2s1)c1ccc2cc(OCCN3CCCCC3)ccc2c1.O=C(Nc1nc2ccc3scnc3c2s1)c1cnc2ccccc2c1. The normalized spacial score (nSPS) is 13.3. The lowest BCUT2D eigenvalue weighted by molar-refractivity contribution is 0.0989. The molecule has 2 saturated heterocycles. The van der Waals surface area contributed by atoms with Gasteiger partial charge in [-0.1, -0.05) is 84.6 Å². The summed E-state index contributed by atoms with van der Waals surface area (Å²) in [5.41, 5.74) is 16.7. The molecule has 8 aromatic carbocycles. The van der Waals surface area contributed by atoms with Crippen molar-refractivity contribution in [3.63, 3.8) is 0 Å². The molecule has 9 aromatic heterocycles. The van der Waals surface area contributed by atoms with Gasteiger partial charge in [0.05, 0.1) is 98.7 Å². The molecule has 2 aliphatic heterocycles. The number of pyridine rings is 1. The maximum absolute atomic E-state index is 12.9. The molecule has 17 aromatic rings. The fourth-order valence-corrected chi connectivity index (χ4v) is 20.6. The Morgan fingerprint density at radius 2 is 0.982 bits per heavy atom. The quantitative estimate of drug-likeness (QED) is 0.0583. The number of likely N-dealkylation sites (tertiary alicyclic amines) is 2. The number of aromatic nitrogens is 9. The number of rotatable bonds is 18. The summed E-state index contributed by atoms with van der Waals surface area (Å²) in [5.74, 6) is 0.583. The van der Waals surface area contributed by atoms with E-state index in [2.05, 4.69) is 101 Å². The number of nitrogens with one attached hydrogen (secondary N) is 4. The number of ether oxygens (including phenoxy) is 1. The number of urea groups is 1. The van der Waals surface area contributed by atoms with Crippen molar-refractivity contribution in [2.24, 2.45) is 0 Å². The van der Waals surface area contributed by atoms with Crippen LogP contribution in [0.4, 0.5) is 25.9 Å². The maximum atomic E-state index is 12.9. The molecule has 0 saturated carbocycles. The van der Waals surface area contributed by atoms with E-state index in [1.807, 2.05) is 157 Å². The van der Waals surface area contributed by atoms with Crippen molar-refractivity contribution < 1.29 is 23.9 Å². The van der Waals surface area contributed by atoms with E-state index in [9.17, 15) is 19.2 Å². The zero-order valence-electron chi connectivity index (χ0n) is 60.3. The number of para-hydroxylation sites is 1. The second-order valence-electron chi connectivity index (χ2n) is 26.4. The summed E-state index contributed by atoms with van der Waals surface area (Å²) in [6, 6.07) is 45.1. The van der Waals surface area contributed by atoms with Gasteiger partial charge in [0, 0.05) is 61.1 Å². The highest BCUT2D eigenvalue weighted by molar-refractivity contribution is 7.26. The van der Waals surface area contributed by atoms with Crippen LogP contribution in [0.5, 0.6) is 5.75 Å². The Morgan fingerprint density at radius 3 is 1.59 bits per heavy atom. The lowest BCUT2D eigenvalue weighted by Gasteiger charge is -2.26. The second-order valence-corrected chi connectivity index (χ2v) is 34.4. The maximum Gasteiger partial charge on any atom is 0.321 e. The average Bonchev–Trinajstić information content (AvgIpc) is 1.65. The highest BCUT2D eigenvalue weighted by Crippen LogP contribution is 2.38. The van der Waals surface area contributed by atoms with E-state index in [0.29, 0.717) is 46.1 Å². The molecule has 0 spiro atoms. The van der Waals surface area contributed by atoms with Gasteiger partial charge in [-0.15, -0.1) is 56.7 Å². The molecule has 0 radical (unpaired) electrons. The van der Waals surface area contributed by atoms with Gasteiger partial charge in [0.1, 0.15) is 39.4 Å². The van der Waals surface area contributed by atoms with Gasteiger partial charge in [-0.3, -0.25) is 40.2 Å². The number of carbonyl (C=O) groups excluding carboxylic acids is 4. The summed E-state index contributed by atoms with van der Waals surface area (Å²) in [6.45, 7) is 16.1. The Labute approximate surface area is 671 Å². The number of anilines is 4. The lowest BCUT2D eigenvalue weighted by atomic mass is 10.1. The van der Waals surface area contributed by atoms with E-state index in [1.165, 1.54) is 90.3 Å². The van der Waals surface area contributed by atoms with Crippen molar-refractivity contribution in [1.82, 2.24) is 60.0 Å². The minimum absolute atomic E-state index is 0. The predicted octanol–water partition coefficient (Wildman–Crippen LogP) is 20.5. The zero-order valence-corrected chi connectivity index (χ0v) is 66.8. The Kier molecular flexibility index (Phi) is 24.1. The smallest absolute Gasteiger partial charge is 0.321 e. The largest absolute Gasteiger partial charge is 0.492 e. The molecule has 19 rings (SSSR count). The summed E-state index contributed by atoms with van der Waals surface area (Å²) < 4.78 is 14.7. The van der Waals surface area contributed by atoms with Gasteiger partial charge in [0.25, 0.3) is 11.8 Å². The Morgan fingerprint density at radius 1 is 0.468 bits per heavy atom. The molecular weight excluding hydrogens is 1550 g/mol. The van der Waals surface area contributed by atoms with Crippen LogP contribution in [0.25, 0.3) is 103 Å². The first-order valence-corrected chi connectivity index (χ1v) is 43.2. The third-order valence-electron chi connectivity index (χ3n) is 19.1. The van der Waals surface area contributed by atoms with Crippen molar-refractivity contribution in [2.75, 3.05) is 86.4 Å². The minimum atomic E-state index is -0.216. The van der Waals surface area contributed by atoms with Crippen molar-refractivity contribution in [3.8, 4) is 5.75 Å². The number of nitrogens with zero attached hydrogens (tertiary/aromatic N) is 12. The number of hydrogen-bond donors (Lipinski definition) is 4. The Hall–Kier alpha value is -10.1. The highest BCUT2D eigenvalue weighted by Gasteiger charge is 2.20. The summed E-state index contributed by atoms with van der Waals surface area (Å²) in [6.07, 6.45) is 9.71. The van der Waals surface area contributed by atoms with Crippen LogP contribution in [0.15, 0.2) is 162 Å². The standard InChI is InChI=1S/C26H24N4O2S2.C21H21N3OS2.C18H10N4OS2.C16H19N5OS2.CH4/c31-25(29-26-28-21-8-9-22-23(24(21)34-26)27-16-33-22)19-5-4-18-15-20(7-6-17(18)14-19)32-13-12-30-10-2-1-3-11-30;1-4-24(5-2)15-8-6-14(7-9-15)17(25)12-19-23-16-10-11-18-20(21(16)27-19)22-13(3)26-18;23-17(11-7-10-3-1-2-4-12(10)19-8-11)22-18-21-13-5-6-14-15(16(13)25-18)20-9-24-14;22-15(17-6-9-21-7-2-1-3-8-21)20-16-19-11-4-5-12-13(14(11)24-16)18-10-23-12;/h4-9,14-16H,1-3,10-13H2,(H,28,29,31);6-11H,4-5,12H2,1-3H3;1-9H,(H,21,22,23);4-5,10H,1-3,6-9H2,(H2,17,19,20,22);1H4. The first kappa shape index (κ1) is 76.3. The van der Waals surface area contributed by atoms with Crippen LogP contribution in [0.2, 0.25) is 0 Å². The zero-order chi connectivity index (χ0) is 75.0. The van der Waals surface area contributed by atoms with E-state index in [4.69, 9.17) is 4.74 Å². The molecule has 11 heterocycles. The summed E-state index contributed by atoms with van der Waals surface area (Å²) in [7, 11) is 0. The monoisotopic (exact) mass is 1620 g/mol. The highest BCUT2D eigenvalue weighted by atomic mass is 32.1. The Balaban J connectivity index is 0.000000118. The molecule has 29 heteroatoms. The third-order valence-corrected chi connectivity index (χ3v) is 26.5. The molecule has 4 N–H and O–H groups in total. The second kappa shape index (κ2) is 35.1. The predicted molar refractivity (Wildman–Crippen MR) is 465 cm³/mol. The van der Waals surface area contributed by atoms with Crippen LogP contribution >= 0.6 is 90.7 Å². The van der Waals surface area contributed by atoms with Crippen molar-refractivity contribution in [1.29, 1.82) is 0 Å². The van der Waals surface area contributed by atoms with Crippen LogP contribution in [0.3, 0.4) is 0 Å². The number of amides is 4. The third kappa shape index (κ3) is 17.8. The number of hydrogen-bond acceptors (Lipinski definition) is 25. The minimum Gasteiger partial charge on any atom is -0.492 e. The van der Waals surface area contributed by atoms with Gasteiger partial charge in [-0.2, -0.15) is 0 Å². The summed E-state index contributed by atoms with van der Waals surface area (Å²) in [4.78, 5) is 97.8. The van der Waals surface area contributed by atoms with Crippen molar-refractivity contribution >= 4 is 239 Å². The van der Waals surface area contributed by atoms with Crippen molar-refractivity contribution in [2.45, 2.75) is 73.1 Å². The molecular formula is C82H78N16O5S8. The summed E-state index contributed by atoms with van der Waals surface area (Å²) >= 11 is 12.5. The van der Waals surface area contributed by atoms with E-state index >= 15 is 0 Å². The summed E-state index contributed by atoms with van der Waals surface area (Å²) in [5, 5.41) is 18.2. The van der Waals surface area contributed by atoms with Crippen LogP contribution in [-0.2, 0) is 6.42 Å². The van der Waals surface area contributed by atoms with Gasteiger partial charge in [-0.05, 0) is 193 Å². The molecule has 564 valence electrons. The fourth-order valence-electron chi connectivity index (χ4n) is 13.5. The number of carbonyl (C=O) groups is 4. The lowest BCUT2D eigenvalue weighted by Crippen LogP contribution is -2.39. The first-order chi connectivity index (χ1) is 53.9. The van der Waals surface area contributed by atoms with E-state index < -0.39 is 0 Å². The molecule has 111 heavy (non-hydrogen) atoms. The topological polar surface area (TPSA) is 251 Å². The molecule has 0 unspecified atom stereocenters. The first-order valence-electron chi connectivity index (χ1n) is 36.4. The number of fused-ring (bicyclic) bond motifs is 14. The van der Waals surface area contributed by atoms with Gasteiger partial charge in [0.2, 0.25) is 0 Å². The van der Waals surface area contributed by atoms with E-state index in [1.54, 1.807) is 62.9 Å². The number of benzene rings is 8. The number of Topliss-reactive ketones (excluding diaryl/α,β-unsaturated/α-hetero) is 1. The van der Waals surface area contributed by atoms with E-state index in [0.717, 1.165) is 165 Å². The molecule has 0 bridgehead atoms. The Bertz CT molecular complexity index is 6180. The molecule has 2 aliphatic rings. The number of aryl methyl sites for hydroxylation is 1. The molecule has 0 aliphatic carbocycles. The van der Waals surface area contributed by atoms with Crippen molar-refractivity contribution in [3.05, 3.63) is 189 Å². The number of thiazole rings is 8. The van der Waals surface area contributed by atoms with Gasteiger partial charge in [0.15, 0.2) is 21.2 Å². The molecule has 2 fully saturated rings. The number of piperidine rings is 2. The van der Waals surface area contributed by atoms with Crippen LogP contribution in [0.1, 0.15) is 101 Å². The fraction of sp³-hybridized carbons (Fsp3) is 0.256. The van der Waals surface area contributed by atoms with Crippen LogP contribution in [-0.4, -0.2) is 144 Å². The van der Waals surface area contributed by atoms with Gasteiger partial charge >= 0.3 is 6.03 Å². The molecule has 0 atom stereocenters. The van der Waals surface area contributed by atoms with E-state index in [-0.39, 0.29) is 31.1 Å².